The number of nitrogens with one attached hydrogen (secondary N) is 1. The molecule has 2 aliphatic carbocycles. The lowest BCUT2D eigenvalue weighted by atomic mass is 9.95. The first-order valence-corrected chi connectivity index (χ1v) is 4.70. The van der Waals surface area contributed by atoms with Crippen LogP contribution in [0.1, 0.15) is 32.6 Å². The largest absolute Gasteiger partial charge is 0.368 e. The van der Waals surface area contributed by atoms with E-state index in [-0.39, 0.29) is 5.91 Å². The van der Waals surface area contributed by atoms with Gasteiger partial charge in [-0.05, 0) is 38.5 Å². The van der Waals surface area contributed by atoms with Crippen molar-refractivity contribution in [3.8, 4) is 0 Å². The fourth-order valence-corrected chi connectivity index (χ4v) is 1.70. The molecular formula is C9H16N2O. The lowest BCUT2D eigenvalue weighted by Gasteiger charge is -2.27. The van der Waals surface area contributed by atoms with Gasteiger partial charge in [-0.3, -0.25) is 4.79 Å². The molecule has 2 saturated carbocycles. The van der Waals surface area contributed by atoms with E-state index in [4.69, 9.17) is 5.73 Å². The van der Waals surface area contributed by atoms with Crippen LogP contribution in [0.25, 0.3) is 0 Å². The number of rotatable bonds is 4. The van der Waals surface area contributed by atoms with Gasteiger partial charge >= 0.3 is 0 Å². The number of carbonyl (C=O) groups excluding carboxylic acids is 1. The van der Waals surface area contributed by atoms with Crippen LogP contribution in [0.3, 0.4) is 0 Å². The summed E-state index contributed by atoms with van der Waals surface area (Å²) in [4.78, 5) is 11.2. The van der Waals surface area contributed by atoms with Crippen LogP contribution in [0.5, 0.6) is 0 Å². The molecule has 1 atom stereocenters. The van der Waals surface area contributed by atoms with Crippen LogP contribution in [0.4, 0.5) is 0 Å². The normalized spacial score (nSPS) is 28.1. The number of nitrogens with two attached hydrogens (primary N) is 1. The maximum atomic E-state index is 11.2. The van der Waals surface area contributed by atoms with Crippen LogP contribution in [-0.2, 0) is 4.79 Å². The van der Waals surface area contributed by atoms with Crippen molar-refractivity contribution in [3.05, 3.63) is 0 Å². The topological polar surface area (TPSA) is 55.1 Å². The molecule has 0 radical (unpaired) electrons. The third-order valence-electron chi connectivity index (χ3n) is 2.99. The van der Waals surface area contributed by atoms with Crippen molar-refractivity contribution < 1.29 is 4.79 Å². The predicted molar refractivity (Wildman–Crippen MR) is 46.5 cm³/mol. The fraction of sp³-hybridized carbons (Fsp3) is 0.889. The minimum Gasteiger partial charge on any atom is -0.368 e. The molecular weight excluding hydrogens is 152 g/mol. The predicted octanol–water partition coefficient (Wildman–Crippen LogP) is 0.392. The SMILES string of the molecule is CC(NC1CC1)(C(N)=O)C1CC1. The lowest BCUT2D eigenvalue weighted by molar-refractivity contribution is -0.124. The minimum atomic E-state index is -0.416. The zero-order chi connectivity index (χ0) is 8.77. The molecule has 3 N–H and O–H groups in total. The van der Waals surface area contributed by atoms with Gasteiger partial charge in [0.15, 0.2) is 0 Å². The Hall–Kier alpha value is -0.570. The summed E-state index contributed by atoms with van der Waals surface area (Å²) in [5.41, 5.74) is 4.97. The smallest absolute Gasteiger partial charge is 0.237 e. The molecule has 1 amide bonds. The van der Waals surface area contributed by atoms with Crippen LogP contribution in [0.15, 0.2) is 0 Å². The van der Waals surface area contributed by atoms with Crippen molar-refractivity contribution in [1.29, 1.82) is 0 Å². The zero-order valence-corrected chi connectivity index (χ0v) is 7.47. The van der Waals surface area contributed by atoms with E-state index in [0.29, 0.717) is 12.0 Å². The molecule has 0 spiro atoms. The van der Waals surface area contributed by atoms with E-state index >= 15 is 0 Å². The first-order valence-electron chi connectivity index (χ1n) is 4.70. The molecule has 3 heteroatoms. The summed E-state index contributed by atoms with van der Waals surface area (Å²) in [6, 6.07) is 0.558. The monoisotopic (exact) mass is 168 g/mol. The Morgan fingerprint density at radius 2 is 2.00 bits per heavy atom. The first kappa shape index (κ1) is 8.05. The number of carbonyl (C=O) groups is 1. The first-order chi connectivity index (χ1) is 5.63. The zero-order valence-electron chi connectivity index (χ0n) is 7.47. The van der Waals surface area contributed by atoms with Crippen LogP contribution in [-0.4, -0.2) is 17.5 Å². The summed E-state index contributed by atoms with van der Waals surface area (Å²) < 4.78 is 0. The number of amides is 1. The lowest BCUT2D eigenvalue weighted by Crippen LogP contribution is -2.55. The van der Waals surface area contributed by atoms with Gasteiger partial charge in [0.25, 0.3) is 0 Å². The Morgan fingerprint density at radius 1 is 1.42 bits per heavy atom. The van der Waals surface area contributed by atoms with Gasteiger partial charge in [-0.2, -0.15) is 0 Å². The maximum absolute atomic E-state index is 11.2. The van der Waals surface area contributed by atoms with Gasteiger partial charge in [0, 0.05) is 6.04 Å². The molecule has 0 aromatic rings. The molecule has 68 valence electrons. The summed E-state index contributed by atoms with van der Waals surface area (Å²) in [5, 5.41) is 3.35. The van der Waals surface area contributed by atoms with E-state index in [1.807, 2.05) is 6.92 Å². The van der Waals surface area contributed by atoms with Crippen LogP contribution >= 0.6 is 0 Å². The Labute approximate surface area is 72.7 Å². The van der Waals surface area contributed by atoms with Gasteiger partial charge in [0.2, 0.25) is 5.91 Å². The Kier molecular flexibility index (Phi) is 1.65. The van der Waals surface area contributed by atoms with E-state index < -0.39 is 5.54 Å². The molecule has 12 heavy (non-hydrogen) atoms. The molecule has 0 heterocycles. The molecule has 0 aromatic carbocycles. The van der Waals surface area contributed by atoms with Gasteiger partial charge in [-0.1, -0.05) is 0 Å². The van der Waals surface area contributed by atoms with Crippen molar-refractivity contribution >= 4 is 5.91 Å². The second-order valence-corrected chi connectivity index (χ2v) is 4.26. The summed E-state index contributed by atoms with van der Waals surface area (Å²) in [7, 11) is 0. The molecule has 1 unspecified atom stereocenters. The average Bonchev–Trinajstić information content (AvgIpc) is 2.83. The van der Waals surface area contributed by atoms with Crippen LogP contribution in [0, 0.1) is 5.92 Å². The molecule has 0 aliphatic heterocycles. The number of primary amides is 1. The van der Waals surface area contributed by atoms with E-state index in [1.54, 1.807) is 0 Å². The minimum absolute atomic E-state index is 0.183. The Morgan fingerprint density at radius 3 is 2.33 bits per heavy atom. The van der Waals surface area contributed by atoms with E-state index in [9.17, 15) is 4.79 Å². The second kappa shape index (κ2) is 2.46. The van der Waals surface area contributed by atoms with E-state index in [0.717, 1.165) is 12.8 Å². The third-order valence-corrected chi connectivity index (χ3v) is 2.99. The van der Waals surface area contributed by atoms with Gasteiger partial charge < -0.3 is 11.1 Å². The molecule has 2 aliphatic rings. The fourth-order valence-electron chi connectivity index (χ4n) is 1.70. The molecule has 2 rings (SSSR count). The standard InChI is InChI=1S/C9H16N2O/c1-9(8(10)12,6-2-3-6)11-7-4-5-7/h6-7,11H,2-5H2,1H3,(H2,10,12). The van der Waals surface area contributed by atoms with Crippen molar-refractivity contribution in [2.45, 2.75) is 44.2 Å². The highest BCUT2D eigenvalue weighted by Crippen LogP contribution is 2.41. The second-order valence-electron chi connectivity index (χ2n) is 4.26. The van der Waals surface area contributed by atoms with E-state index in [2.05, 4.69) is 5.32 Å². The van der Waals surface area contributed by atoms with Gasteiger partial charge in [0.1, 0.15) is 0 Å². The highest BCUT2D eigenvalue weighted by molar-refractivity contribution is 5.85. The average molecular weight is 168 g/mol. The van der Waals surface area contributed by atoms with Crippen LogP contribution < -0.4 is 11.1 Å². The van der Waals surface area contributed by atoms with E-state index in [1.165, 1.54) is 12.8 Å². The van der Waals surface area contributed by atoms with Crippen molar-refractivity contribution in [2.24, 2.45) is 11.7 Å². The molecule has 2 fully saturated rings. The maximum Gasteiger partial charge on any atom is 0.237 e. The molecule has 0 saturated heterocycles. The number of hydrogen-bond acceptors (Lipinski definition) is 2. The van der Waals surface area contributed by atoms with Gasteiger partial charge in [0.05, 0.1) is 5.54 Å². The highest BCUT2D eigenvalue weighted by atomic mass is 16.1. The molecule has 0 aromatic heterocycles. The molecule has 0 bridgehead atoms. The highest BCUT2D eigenvalue weighted by Gasteiger charge is 2.48. The van der Waals surface area contributed by atoms with Gasteiger partial charge in [-0.25, -0.2) is 0 Å². The number of hydrogen-bond donors (Lipinski definition) is 2. The summed E-state index contributed by atoms with van der Waals surface area (Å²) in [5.74, 6) is 0.313. The Balaban J connectivity index is 2.02. The van der Waals surface area contributed by atoms with Crippen molar-refractivity contribution in [3.63, 3.8) is 0 Å². The summed E-state index contributed by atoms with van der Waals surface area (Å²) in [6.45, 7) is 1.95. The van der Waals surface area contributed by atoms with Gasteiger partial charge in [-0.15, -0.1) is 0 Å². The summed E-state index contributed by atoms with van der Waals surface area (Å²) >= 11 is 0. The van der Waals surface area contributed by atoms with Crippen molar-refractivity contribution in [1.82, 2.24) is 5.32 Å². The third kappa shape index (κ3) is 1.33. The molecule has 3 nitrogen and oxygen atoms in total. The summed E-state index contributed by atoms with van der Waals surface area (Å²) in [6.07, 6.45) is 4.71. The Bertz CT molecular complexity index is 209. The van der Waals surface area contributed by atoms with Crippen LogP contribution in [0.2, 0.25) is 0 Å². The van der Waals surface area contributed by atoms with Crippen molar-refractivity contribution in [2.75, 3.05) is 0 Å². The quantitative estimate of drug-likeness (QED) is 0.638.